The molecule has 0 aliphatic heterocycles. The fourth-order valence-corrected chi connectivity index (χ4v) is 2.43. The minimum atomic E-state index is -0.492. The molecule has 138 valence electrons. The highest BCUT2D eigenvalue weighted by molar-refractivity contribution is 5.93. The molecule has 5 nitrogen and oxygen atoms in total. The van der Waals surface area contributed by atoms with E-state index in [-0.39, 0.29) is 18.2 Å². The number of amides is 1. The Morgan fingerprint density at radius 2 is 1.70 bits per heavy atom. The van der Waals surface area contributed by atoms with E-state index in [1.807, 2.05) is 30.3 Å². The molecular weight excluding hydrogens is 347 g/mol. The lowest BCUT2D eigenvalue weighted by molar-refractivity contribution is -0.114. The third-order valence-electron chi connectivity index (χ3n) is 3.70. The molecule has 0 spiro atoms. The molecule has 3 rings (SSSR count). The Balaban J connectivity index is 1.56. The highest BCUT2D eigenvalue weighted by atomic mass is 19.1. The van der Waals surface area contributed by atoms with Gasteiger partial charge in [0.2, 0.25) is 5.91 Å². The lowest BCUT2D eigenvalue weighted by Crippen LogP contribution is -2.21. The zero-order chi connectivity index (χ0) is 19.1. The lowest BCUT2D eigenvalue weighted by Gasteiger charge is -2.10. The average molecular weight is 366 g/mol. The summed E-state index contributed by atoms with van der Waals surface area (Å²) in [5.41, 5.74) is 1.10. The Hall–Kier alpha value is -3.54. The summed E-state index contributed by atoms with van der Waals surface area (Å²) in [5, 5.41) is 5.65. The number of benzene rings is 3. The summed E-state index contributed by atoms with van der Waals surface area (Å²) in [5.74, 6) is 0.727. The van der Waals surface area contributed by atoms with Crippen LogP contribution in [0.5, 0.6) is 17.2 Å². The third kappa shape index (κ3) is 5.22. The molecule has 3 aromatic carbocycles. The quantitative estimate of drug-likeness (QED) is 0.638. The van der Waals surface area contributed by atoms with E-state index in [2.05, 4.69) is 10.6 Å². The second-order valence-electron chi connectivity index (χ2n) is 5.69. The van der Waals surface area contributed by atoms with Gasteiger partial charge in [-0.05, 0) is 36.4 Å². The van der Waals surface area contributed by atoms with Crippen molar-refractivity contribution in [3.05, 3.63) is 78.6 Å². The van der Waals surface area contributed by atoms with Gasteiger partial charge >= 0.3 is 0 Å². The minimum Gasteiger partial charge on any atom is -0.494 e. The Labute approximate surface area is 156 Å². The van der Waals surface area contributed by atoms with Crippen LogP contribution in [-0.4, -0.2) is 19.6 Å². The molecule has 0 heterocycles. The van der Waals surface area contributed by atoms with Crippen LogP contribution in [0, 0.1) is 5.82 Å². The fourth-order valence-electron chi connectivity index (χ4n) is 2.43. The minimum absolute atomic E-state index is 0.00443. The number of carbonyl (C=O) groups is 1. The summed E-state index contributed by atoms with van der Waals surface area (Å²) in [4.78, 5) is 12.1. The Morgan fingerprint density at radius 1 is 0.926 bits per heavy atom. The van der Waals surface area contributed by atoms with E-state index < -0.39 is 5.82 Å². The summed E-state index contributed by atoms with van der Waals surface area (Å²) in [6.45, 7) is -0.00443. The first-order valence-electron chi connectivity index (χ1n) is 8.34. The summed E-state index contributed by atoms with van der Waals surface area (Å²) in [6, 6.07) is 20.9. The topological polar surface area (TPSA) is 59.6 Å². The number of rotatable bonds is 7. The van der Waals surface area contributed by atoms with Gasteiger partial charge in [0.15, 0.2) is 11.6 Å². The van der Waals surface area contributed by atoms with Crippen molar-refractivity contribution in [1.29, 1.82) is 0 Å². The highest BCUT2D eigenvalue weighted by Crippen LogP contribution is 2.24. The van der Waals surface area contributed by atoms with Crippen molar-refractivity contribution in [1.82, 2.24) is 0 Å². The molecule has 2 N–H and O–H groups in total. The Bertz CT molecular complexity index is 916. The number of methoxy groups -OCH3 is 1. The molecule has 0 bridgehead atoms. The largest absolute Gasteiger partial charge is 0.494 e. The molecule has 0 saturated carbocycles. The van der Waals surface area contributed by atoms with Crippen LogP contribution in [0.2, 0.25) is 0 Å². The maximum absolute atomic E-state index is 13.7. The standard InChI is InChI=1S/C21H19FN2O3/c1-26-20-11-10-15(13-19(20)22)23-14-21(25)24-16-6-5-9-18(12-16)27-17-7-3-2-4-8-17/h2-13,23H,14H2,1H3,(H,24,25). The average Bonchev–Trinajstić information content (AvgIpc) is 2.67. The smallest absolute Gasteiger partial charge is 0.243 e. The van der Waals surface area contributed by atoms with E-state index in [4.69, 9.17) is 9.47 Å². The third-order valence-corrected chi connectivity index (χ3v) is 3.70. The Kier molecular flexibility index (Phi) is 5.89. The van der Waals surface area contributed by atoms with Crippen LogP contribution in [0.3, 0.4) is 0 Å². The number of hydrogen-bond acceptors (Lipinski definition) is 4. The first kappa shape index (κ1) is 18.3. The van der Waals surface area contributed by atoms with E-state index in [0.29, 0.717) is 22.9 Å². The molecule has 27 heavy (non-hydrogen) atoms. The van der Waals surface area contributed by atoms with Gasteiger partial charge < -0.3 is 20.1 Å². The summed E-state index contributed by atoms with van der Waals surface area (Å²) < 4.78 is 24.3. The van der Waals surface area contributed by atoms with E-state index in [9.17, 15) is 9.18 Å². The summed E-state index contributed by atoms with van der Waals surface area (Å²) in [7, 11) is 1.40. The maximum atomic E-state index is 13.7. The van der Waals surface area contributed by atoms with Crippen LogP contribution in [0.1, 0.15) is 0 Å². The van der Waals surface area contributed by atoms with Crippen molar-refractivity contribution >= 4 is 17.3 Å². The van der Waals surface area contributed by atoms with Crippen molar-refractivity contribution in [2.75, 3.05) is 24.3 Å². The van der Waals surface area contributed by atoms with Gasteiger partial charge in [-0.15, -0.1) is 0 Å². The molecule has 0 unspecified atom stereocenters. The molecule has 0 radical (unpaired) electrons. The number of halogens is 1. The zero-order valence-electron chi connectivity index (χ0n) is 14.7. The number of para-hydroxylation sites is 1. The second kappa shape index (κ2) is 8.71. The maximum Gasteiger partial charge on any atom is 0.243 e. The predicted octanol–water partition coefficient (Wildman–Crippen LogP) is 4.68. The monoisotopic (exact) mass is 366 g/mol. The number of carbonyl (C=O) groups excluding carboxylic acids is 1. The van der Waals surface area contributed by atoms with Crippen LogP contribution in [-0.2, 0) is 4.79 Å². The molecule has 0 atom stereocenters. The van der Waals surface area contributed by atoms with E-state index in [0.717, 1.165) is 0 Å². The van der Waals surface area contributed by atoms with Crippen LogP contribution < -0.4 is 20.1 Å². The van der Waals surface area contributed by atoms with Crippen molar-refractivity contribution in [3.63, 3.8) is 0 Å². The normalized spacial score (nSPS) is 10.1. The SMILES string of the molecule is COc1ccc(NCC(=O)Nc2cccc(Oc3ccccc3)c2)cc1F. The van der Waals surface area contributed by atoms with Gasteiger partial charge in [0.1, 0.15) is 11.5 Å². The van der Waals surface area contributed by atoms with E-state index in [1.165, 1.54) is 19.2 Å². The van der Waals surface area contributed by atoms with Crippen molar-refractivity contribution < 1.29 is 18.7 Å². The number of ether oxygens (including phenoxy) is 2. The van der Waals surface area contributed by atoms with Crippen molar-refractivity contribution in [2.24, 2.45) is 0 Å². The van der Waals surface area contributed by atoms with Gasteiger partial charge in [-0.3, -0.25) is 4.79 Å². The molecule has 6 heteroatoms. The molecular formula is C21H19FN2O3. The van der Waals surface area contributed by atoms with Crippen molar-refractivity contribution in [2.45, 2.75) is 0 Å². The number of nitrogens with one attached hydrogen (secondary N) is 2. The number of anilines is 2. The van der Waals surface area contributed by atoms with Crippen molar-refractivity contribution in [3.8, 4) is 17.2 Å². The van der Waals surface area contributed by atoms with E-state index in [1.54, 1.807) is 30.3 Å². The van der Waals surface area contributed by atoms with Crippen LogP contribution in [0.15, 0.2) is 72.8 Å². The molecule has 0 saturated heterocycles. The van der Waals surface area contributed by atoms with Gasteiger partial charge in [-0.1, -0.05) is 24.3 Å². The molecule has 0 fully saturated rings. The molecule has 1 amide bonds. The first-order valence-corrected chi connectivity index (χ1v) is 8.34. The van der Waals surface area contributed by atoms with Crippen LogP contribution >= 0.6 is 0 Å². The van der Waals surface area contributed by atoms with Crippen LogP contribution in [0.4, 0.5) is 15.8 Å². The molecule has 3 aromatic rings. The molecule has 0 aromatic heterocycles. The van der Waals surface area contributed by atoms with E-state index >= 15 is 0 Å². The zero-order valence-corrected chi connectivity index (χ0v) is 14.7. The highest BCUT2D eigenvalue weighted by Gasteiger charge is 2.07. The lowest BCUT2D eigenvalue weighted by atomic mass is 10.2. The number of hydrogen-bond donors (Lipinski definition) is 2. The van der Waals surface area contributed by atoms with Gasteiger partial charge in [0, 0.05) is 23.5 Å². The van der Waals surface area contributed by atoms with Gasteiger partial charge in [0.05, 0.1) is 13.7 Å². The van der Waals surface area contributed by atoms with Gasteiger partial charge in [-0.2, -0.15) is 0 Å². The first-order chi connectivity index (χ1) is 13.1. The summed E-state index contributed by atoms with van der Waals surface area (Å²) in [6.07, 6.45) is 0. The predicted molar refractivity (Wildman–Crippen MR) is 103 cm³/mol. The second-order valence-corrected chi connectivity index (χ2v) is 5.69. The molecule has 0 aliphatic carbocycles. The fraction of sp³-hybridized carbons (Fsp3) is 0.0952. The summed E-state index contributed by atoms with van der Waals surface area (Å²) >= 11 is 0. The molecule has 0 aliphatic rings. The van der Waals surface area contributed by atoms with Crippen LogP contribution in [0.25, 0.3) is 0 Å². The Morgan fingerprint density at radius 3 is 2.44 bits per heavy atom. The van der Waals surface area contributed by atoms with Gasteiger partial charge in [-0.25, -0.2) is 4.39 Å². The van der Waals surface area contributed by atoms with Gasteiger partial charge in [0.25, 0.3) is 0 Å².